The summed E-state index contributed by atoms with van der Waals surface area (Å²) in [6.45, 7) is 1.94. The van der Waals surface area contributed by atoms with E-state index in [2.05, 4.69) is 21.5 Å². The number of aryl methyl sites for hydroxylation is 1. The molecule has 0 bridgehead atoms. The molecule has 1 aliphatic rings. The number of aromatic nitrogens is 2. The van der Waals surface area contributed by atoms with E-state index in [0.717, 1.165) is 11.5 Å². The molecule has 1 aromatic heterocycles. The van der Waals surface area contributed by atoms with Crippen molar-refractivity contribution >= 4 is 29.2 Å². The van der Waals surface area contributed by atoms with Crippen LogP contribution in [0.5, 0.6) is 0 Å². The number of thioether (sulfide) groups is 1. The normalized spacial score (nSPS) is 24.6. The van der Waals surface area contributed by atoms with Crippen LogP contribution in [0.1, 0.15) is 31.4 Å². The molecule has 0 amide bonds. The van der Waals surface area contributed by atoms with Gasteiger partial charge in [-0.25, -0.2) is 9.97 Å². The second kappa shape index (κ2) is 5.91. The van der Waals surface area contributed by atoms with Crippen LogP contribution in [0.15, 0.2) is 6.07 Å². The van der Waals surface area contributed by atoms with Crippen molar-refractivity contribution in [3.8, 4) is 0 Å². The van der Waals surface area contributed by atoms with Gasteiger partial charge in [0.25, 0.3) is 0 Å². The van der Waals surface area contributed by atoms with Crippen molar-refractivity contribution in [3.63, 3.8) is 0 Å². The minimum Gasteiger partial charge on any atom is -0.366 e. The third kappa shape index (κ3) is 3.49. The Labute approximate surface area is 112 Å². The van der Waals surface area contributed by atoms with Crippen molar-refractivity contribution in [2.75, 3.05) is 11.6 Å². The Hall–Kier alpha value is -0.480. The number of hydrogen-bond donors (Lipinski definition) is 1. The standard InChI is InChI=1S/C12H18ClN3S/c1-8-7-11(16-12(13)14-8)15-9-5-3-4-6-10(9)17-2/h7,9-10H,3-6H2,1-2H3,(H,14,15,16). The number of anilines is 1. The first-order valence-corrected chi connectivity index (χ1v) is 7.66. The van der Waals surface area contributed by atoms with Gasteiger partial charge in [-0.05, 0) is 37.6 Å². The predicted octanol–water partition coefficient (Wildman–Crippen LogP) is 3.52. The van der Waals surface area contributed by atoms with Crippen molar-refractivity contribution in [1.82, 2.24) is 9.97 Å². The molecule has 1 aliphatic carbocycles. The van der Waals surface area contributed by atoms with Crippen molar-refractivity contribution in [2.45, 2.75) is 43.9 Å². The first-order chi connectivity index (χ1) is 8.19. The second-order valence-corrected chi connectivity index (χ2v) is 5.89. The molecule has 94 valence electrons. The van der Waals surface area contributed by atoms with Gasteiger partial charge >= 0.3 is 0 Å². The summed E-state index contributed by atoms with van der Waals surface area (Å²) in [5.74, 6) is 0.855. The highest BCUT2D eigenvalue weighted by molar-refractivity contribution is 7.99. The fraction of sp³-hybridized carbons (Fsp3) is 0.667. The van der Waals surface area contributed by atoms with E-state index in [0.29, 0.717) is 16.6 Å². The van der Waals surface area contributed by atoms with Gasteiger partial charge in [-0.2, -0.15) is 11.8 Å². The Morgan fingerprint density at radius 1 is 1.35 bits per heavy atom. The van der Waals surface area contributed by atoms with Crippen LogP contribution in [0.4, 0.5) is 5.82 Å². The summed E-state index contributed by atoms with van der Waals surface area (Å²) in [5.41, 5.74) is 0.906. The first kappa shape index (κ1) is 13.0. The van der Waals surface area contributed by atoms with E-state index < -0.39 is 0 Å². The fourth-order valence-electron chi connectivity index (χ4n) is 2.34. The quantitative estimate of drug-likeness (QED) is 0.854. The van der Waals surface area contributed by atoms with Crippen LogP contribution in [-0.2, 0) is 0 Å². The SMILES string of the molecule is CSC1CCCCC1Nc1cc(C)nc(Cl)n1. The van der Waals surface area contributed by atoms with Crippen LogP contribution in [-0.4, -0.2) is 27.5 Å². The third-order valence-electron chi connectivity index (χ3n) is 3.17. The van der Waals surface area contributed by atoms with E-state index in [-0.39, 0.29) is 0 Å². The van der Waals surface area contributed by atoms with E-state index >= 15 is 0 Å². The Kier molecular flexibility index (Phi) is 4.51. The molecule has 1 saturated carbocycles. The molecule has 0 aromatic carbocycles. The summed E-state index contributed by atoms with van der Waals surface area (Å²) in [6.07, 6.45) is 7.32. The zero-order chi connectivity index (χ0) is 12.3. The number of rotatable bonds is 3. The number of hydrogen-bond acceptors (Lipinski definition) is 4. The molecule has 2 unspecified atom stereocenters. The summed E-state index contributed by atoms with van der Waals surface area (Å²) in [7, 11) is 0. The van der Waals surface area contributed by atoms with Crippen molar-refractivity contribution in [2.24, 2.45) is 0 Å². The Balaban J connectivity index is 2.08. The molecule has 0 radical (unpaired) electrons. The number of halogens is 1. The summed E-state index contributed by atoms with van der Waals surface area (Å²) >= 11 is 7.81. The van der Waals surface area contributed by atoms with Gasteiger partial charge in [0.15, 0.2) is 0 Å². The van der Waals surface area contributed by atoms with Gasteiger partial charge in [0.1, 0.15) is 5.82 Å². The largest absolute Gasteiger partial charge is 0.366 e. The van der Waals surface area contributed by atoms with Gasteiger partial charge in [0.2, 0.25) is 5.28 Å². The van der Waals surface area contributed by atoms with Gasteiger partial charge in [-0.3, -0.25) is 0 Å². The zero-order valence-electron chi connectivity index (χ0n) is 10.2. The van der Waals surface area contributed by atoms with E-state index in [1.807, 2.05) is 24.8 Å². The molecule has 0 spiro atoms. The lowest BCUT2D eigenvalue weighted by atomic mass is 9.95. The highest BCUT2D eigenvalue weighted by Crippen LogP contribution is 2.29. The summed E-state index contributed by atoms with van der Waals surface area (Å²) in [4.78, 5) is 8.31. The topological polar surface area (TPSA) is 37.8 Å². The lowest BCUT2D eigenvalue weighted by Gasteiger charge is -2.31. The maximum Gasteiger partial charge on any atom is 0.224 e. The lowest BCUT2D eigenvalue weighted by Crippen LogP contribution is -2.34. The van der Waals surface area contributed by atoms with Gasteiger partial charge in [-0.1, -0.05) is 12.8 Å². The third-order valence-corrected chi connectivity index (χ3v) is 4.50. The monoisotopic (exact) mass is 271 g/mol. The molecule has 17 heavy (non-hydrogen) atoms. The summed E-state index contributed by atoms with van der Waals surface area (Å²) in [5, 5.41) is 4.51. The van der Waals surface area contributed by atoms with Crippen molar-refractivity contribution in [3.05, 3.63) is 17.0 Å². The average molecular weight is 272 g/mol. The molecule has 0 aliphatic heterocycles. The van der Waals surface area contributed by atoms with E-state index in [9.17, 15) is 0 Å². The highest BCUT2D eigenvalue weighted by Gasteiger charge is 2.24. The molecule has 5 heteroatoms. The smallest absolute Gasteiger partial charge is 0.224 e. The Bertz CT molecular complexity index is 366. The molecule has 1 heterocycles. The molecule has 2 rings (SSSR count). The molecule has 0 saturated heterocycles. The first-order valence-electron chi connectivity index (χ1n) is 5.99. The van der Waals surface area contributed by atoms with E-state index in [1.165, 1.54) is 25.7 Å². The molecular formula is C12H18ClN3S. The minimum atomic E-state index is 0.323. The van der Waals surface area contributed by atoms with E-state index in [1.54, 1.807) is 0 Å². The van der Waals surface area contributed by atoms with Crippen LogP contribution in [0.2, 0.25) is 5.28 Å². The maximum absolute atomic E-state index is 5.87. The Morgan fingerprint density at radius 3 is 2.82 bits per heavy atom. The number of nitrogens with one attached hydrogen (secondary N) is 1. The van der Waals surface area contributed by atoms with Crippen LogP contribution in [0.3, 0.4) is 0 Å². The van der Waals surface area contributed by atoms with Crippen LogP contribution < -0.4 is 5.32 Å². The zero-order valence-corrected chi connectivity index (χ0v) is 11.8. The van der Waals surface area contributed by atoms with Gasteiger partial charge in [0, 0.05) is 23.1 Å². The highest BCUT2D eigenvalue weighted by atomic mass is 35.5. The molecule has 3 nitrogen and oxygen atoms in total. The van der Waals surface area contributed by atoms with E-state index in [4.69, 9.17) is 11.6 Å². The van der Waals surface area contributed by atoms with Crippen LogP contribution in [0.25, 0.3) is 0 Å². The summed E-state index contributed by atoms with van der Waals surface area (Å²) < 4.78 is 0. The average Bonchev–Trinajstić information content (AvgIpc) is 2.28. The molecular weight excluding hydrogens is 254 g/mol. The van der Waals surface area contributed by atoms with Gasteiger partial charge in [-0.15, -0.1) is 0 Å². The van der Waals surface area contributed by atoms with Crippen LogP contribution >= 0.6 is 23.4 Å². The van der Waals surface area contributed by atoms with Crippen LogP contribution in [0, 0.1) is 6.92 Å². The van der Waals surface area contributed by atoms with Gasteiger partial charge in [0.05, 0.1) is 0 Å². The number of nitrogens with zero attached hydrogens (tertiary/aromatic N) is 2. The second-order valence-electron chi connectivity index (χ2n) is 4.47. The molecule has 2 atom stereocenters. The van der Waals surface area contributed by atoms with Crippen molar-refractivity contribution in [1.29, 1.82) is 0 Å². The van der Waals surface area contributed by atoms with Crippen molar-refractivity contribution < 1.29 is 0 Å². The van der Waals surface area contributed by atoms with Gasteiger partial charge < -0.3 is 5.32 Å². The minimum absolute atomic E-state index is 0.323. The molecule has 1 aromatic rings. The molecule has 1 N–H and O–H groups in total. The lowest BCUT2D eigenvalue weighted by molar-refractivity contribution is 0.474. The predicted molar refractivity (Wildman–Crippen MR) is 75.0 cm³/mol. The maximum atomic E-state index is 5.87. The fourth-order valence-corrected chi connectivity index (χ4v) is 3.50. The molecule has 1 fully saturated rings. The Morgan fingerprint density at radius 2 is 2.12 bits per heavy atom. The summed E-state index contributed by atoms with van der Waals surface area (Å²) in [6, 6.07) is 2.46.